The molecule has 3 rings (SSSR count). The third-order valence-corrected chi connectivity index (χ3v) is 3.65. The van der Waals surface area contributed by atoms with Crippen LogP contribution < -0.4 is 11.0 Å². The number of nitrogens with zero attached hydrogens (tertiary/aromatic N) is 3. The second kappa shape index (κ2) is 5.71. The molecule has 0 saturated heterocycles. The smallest absolute Gasteiger partial charge is 0.326 e. The van der Waals surface area contributed by atoms with Gasteiger partial charge in [0.2, 0.25) is 0 Å². The third kappa shape index (κ3) is 2.87. The predicted octanol–water partition coefficient (Wildman–Crippen LogP) is 1.04. The van der Waals surface area contributed by atoms with E-state index in [2.05, 4.69) is 25.5 Å². The van der Waals surface area contributed by atoms with Crippen LogP contribution in [0.5, 0.6) is 0 Å². The molecule has 0 unspecified atom stereocenters. The molecule has 1 aromatic carbocycles. The van der Waals surface area contributed by atoms with Gasteiger partial charge < -0.3 is 10.3 Å². The molecule has 8 heteroatoms. The first-order valence-electron chi connectivity index (χ1n) is 7.34. The largest absolute Gasteiger partial charge is 0.345 e. The van der Waals surface area contributed by atoms with Gasteiger partial charge in [-0.15, -0.1) is 0 Å². The summed E-state index contributed by atoms with van der Waals surface area (Å²) in [5.74, 6) is 1.33. The van der Waals surface area contributed by atoms with Crippen LogP contribution in [0.2, 0.25) is 0 Å². The van der Waals surface area contributed by atoms with E-state index < -0.39 is 0 Å². The van der Waals surface area contributed by atoms with Crippen molar-refractivity contribution in [2.45, 2.75) is 26.3 Å². The van der Waals surface area contributed by atoms with E-state index in [9.17, 15) is 9.59 Å². The summed E-state index contributed by atoms with van der Waals surface area (Å²) < 4.78 is 1.47. The molecule has 8 nitrogen and oxygen atoms in total. The number of benzene rings is 1. The van der Waals surface area contributed by atoms with E-state index in [1.807, 2.05) is 13.8 Å². The summed E-state index contributed by atoms with van der Waals surface area (Å²) in [4.78, 5) is 30.9. The van der Waals surface area contributed by atoms with Crippen molar-refractivity contribution >= 4 is 16.9 Å². The first-order chi connectivity index (χ1) is 11.0. The third-order valence-electron chi connectivity index (χ3n) is 3.65. The van der Waals surface area contributed by atoms with Crippen molar-refractivity contribution in [3.63, 3.8) is 0 Å². The lowest BCUT2D eigenvalue weighted by Crippen LogP contribution is -2.23. The van der Waals surface area contributed by atoms with Crippen molar-refractivity contribution in [2.24, 2.45) is 7.05 Å². The number of aryl methyl sites for hydroxylation is 1. The zero-order valence-corrected chi connectivity index (χ0v) is 13.2. The van der Waals surface area contributed by atoms with Crippen LogP contribution in [-0.2, 0) is 13.6 Å². The molecular weight excluding hydrogens is 296 g/mol. The van der Waals surface area contributed by atoms with Crippen LogP contribution in [0.3, 0.4) is 0 Å². The molecule has 0 aliphatic carbocycles. The van der Waals surface area contributed by atoms with Crippen LogP contribution in [0.25, 0.3) is 11.0 Å². The molecule has 1 amide bonds. The number of amides is 1. The predicted molar refractivity (Wildman–Crippen MR) is 85.2 cm³/mol. The van der Waals surface area contributed by atoms with Crippen molar-refractivity contribution in [2.75, 3.05) is 0 Å². The fourth-order valence-electron chi connectivity index (χ4n) is 2.28. The topological polar surface area (TPSA) is 108 Å². The quantitative estimate of drug-likeness (QED) is 0.668. The summed E-state index contributed by atoms with van der Waals surface area (Å²) in [6.45, 7) is 4.27. The highest BCUT2D eigenvalue weighted by molar-refractivity contribution is 5.97. The molecule has 0 spiro atoms. The van der Waals surface area contributed by atoms with Crippen LogP contribution >= 0.6 is 0 Å². The van der Waals surface area contributed by atoms with Crippen LogP contribution in [0.15, 0.2) is 23.0 Å². The van der Waals surface area contributed by atoms with Crippen LogP contribution in [0.4, 0.5) is 0 Å². The van der Waals surface area contributed by atoms with E-state index in [-0.39, 0.29) is 24.1 Å². The Kier molecular flexibility index (Phi) is 3.73. The van der Waals surface area contributed by atoms with E-state index in [1.165, 1.54) is 4.57 Å². The Morgan fingerprint density at radius 2 is 2.17 bits per heavy atom. The Hall–Kier alpha value is -2.90. The number of nitrogens with one attached hydrogen (secondary N) is 3. The number of imidazole rings is 1. The van der Waals surface area contributed by atoms with Crippen molar-refractivity contribution < 1.29 is 4.79 Å². The number of carbonyl (C=O) groups is 1. The summed E-state index contributed by atoms with van der Waals surface area (Å²) in [5, 5.41) is 9.69. The molecule has 0 radical (unpaired) electrons. The Bertz CT molecular complexity index is 918. The van der Waals surface area contributed by atoms with Crippen molar-refractivity contribution in [3.05, 3.63) is 45.9 Å². The number of aromatic nitrogens is 5. The summed E-state index contributed by atoms with van der Waals surface area (Å²) >= 11 is 0. The Morgan fingerprint density at radius 3 is 2.87 bits per heavy atom. The van der Waals surface area contributed by atoms with Gasteiger partial charge in [0.15, 0.2) is 5.82 Å². The highest BCUT2D eigenvalue weighted by Crippen LogP contribution is 2.12. The summed E-state index contributed by atoms with van der Waals surface area (Å²) in [7, 11) is 1.66. The lowest BCUT2D eigenvalue weighted by molar-refractivity contribution is 0.0950. The molecule has 0 aliphatic rings. The maximum absolute atomic E-state index is 12.2. The molecule has 2 heterocycles. The molecule has 0 saturated carbocycles. The minimum absolute atomic E-state index is 0.208. The lowest BCUT2D eigenvalue weighted by Gasteiger charge is -2.04. The maximum Gasteiger partial charge on any atom is 0.326 e. The second-order valence-corrected chi connectivity index (χ2v) is 5.70. The first kappa shape index (κ1) is 15.0. The molecule has 23 heavy (non-hydrogen) atoms. The van der Waals surface area contributed by atoms with Gasteiger partial charge in [-0.1, -0.05) is 13.8 Å². The number of H-pyrrole nitrogens is 2. The van der Waals surface area contributed by atoms with Gasteiger partial charge in [-0.3, -0.25) is 14.5 Å². The molecule has 0 aliphatic heterocycles. The lowest BCUT2D eigenvalue weighted by atomic mass is 10.2. The summed E-state index contributed by atoms with van der Waals surface area (Å²) in [6, 6.07) is 5.08. The van der Waals surface area contributed by atoms with E-state index in [0.29, 0.717) is 22.4 Å². The number of fused-ring (bicyclic) bond motifs is 1. The number of carbonyl (C=O) groups excluding carboxylic acids is 1. The second-order valence-electron chi connectivity index (χ2n) is 5.70. The minimum atomic E-state index is -0.233. The van der Waals surface area contributed by atoms with E-state index in [0.717, 1.165) is 5.82 Å². The van der Waals surface area contributed by atoms with Crippen molar-refractivity contribution in [1.82, 2.24) is 30.0 Å². The fraction of sp³-hybridized carbons (Fsp3) is 0.333. The van der Waals surface area contributed by atoms with E-state index in [4.69, 9.17) is 0 Å². The zero-order chi connectivity index (χ0) is 16.6. The molecule has 3 aromatic rings. The average molecular weight is 314 g/mol. The van der Waals surface area contributed by atoms with Gasteiger partial charge in [-0.2, -0.15) is 5.10 Å². The van der Waals surface area contributed by atoms with Crippen LogP contribution in [0, 0.1) is 0 Å². The standard InChI is InChI=1S/C15H18N6O2/c1-8(2)13-18-12(19-20-13)7-16-14(22)9-4-5-10-11(6-9)21(3)15(23)17-10/h4-6,8H,7H2,1-3H3,(H,16,22)(H,17,23)(H,18,19,20). The Morgan fingerprint density at radius 1 is 1.39 bits per heavy atom. The number of aromatic amines is 2. The SMILES string of the molecule is CC(C)c1n[nH]c(CNC(=O)c2ccc3[nH]c(=O)n(C)c3c2)n1. The highest BCUT2D eigenvalue weighted by Gasteiger charge is 2.11. The van der Waals surface area contributed by atoms with Gasteiger partial charge in [-0.05, 0) is 18.2 Å². The zero-order valence-electron chi connectivity index (χ0n) is 13.2. The van der Waals surface area contributed by atoms with Gasteiger partial charge in [0, 0.05) is 18.5 Å². The summed E-state index contributed by atoms with van der Waals surface area (Å²) in [6.07, 6.45) is 0. The molecule has 0 fully saturated rings. The van der Waals surface area contributed by atoms with Crippen molar-refractivity contribution in [3.8, 4) is 0 Å². The molecule has 0 bridgehead atoms. The first-order valence-corrected chi connectivity index (χ1v) is 7.34. The normalized spacial score (nSPS) is 11.3. The Balaban J connectivity index is 1.75. The van der Waals surface area contributed by atoms with Gasteiger partial charge >= 0.3 is 5.69 Å². The highest BCUT2D eigenvalue weighted by atomic mass is 16.2. The van der Waals surface area contributed by atoms with E-state index in [1.54, 1.807) is 25.2 Å². The number of hydrogen-bond donors (Lipinski definition) is 3. The van der Waals surface area contributed by atoms with E-state index >= 15 is 0 Å². The van der Waals surface area contributed by atoms with Gasteiger partial charge in [0.25, 0.3) is 5.91 Å². The van der Waals surface area contributed by atoms with Gasteiger partial charge in [0.05, 0.1) is 17.6 Å². The monoisotopic (exact) mass is 314 g/mol. The summed E-state index contributed by atoms with van der Waals surface area (Å²) in [5.41, 5.74) is 1.66. The molecule has 0 atom stereocenters. The Labute approximate surface area is 131 Å². The minimum Gasteiger partial charge on any atom is -0.345 e. The molecular formula is C15H18N6O2. The van der Waals surface area contributed by atoms with Crippen molar-refractivity contribution in [1.29, 1.82) is 0 Å². The molecule has 3 N–H and O–H groups in total. The number of rotatable bonds is 4. The van der Waals surface area contributed by atoms with Crippen LogP contribution in [-0.4, -0.2) is 30.6 Å². The maximum atomic E-state index is 12.2. The fourth-order valence-corrected chi connectivity index (χ4v) is 2.28. The molecule has 2 aromatic heterocycles. The number of hydrogen-bond acceptors (Lipinski definition) is 4. The van der Waals surface area contributed by atoms with Crippen LogP contribution in [0.1, 0.15) is 41.8 Å². The van der Waals surface area contributed by atoms with Gasteiger partial charge in [-0.25, -0.2) is 9.78 Å². The van der Waals surface area contributed by atoms with Gasteiger partial charge in [0.1, 0.15) is 5.82 Å². The average Bonchev–Trinajstić information content (AvgIpc) is 3.11. The molecule has 120 valence electrons.